The van der Waals surface area contributed by atoms with Crippen molar-refractivity contribution in [3.63, 3.8) is 0 Å². The fourth-order valence-electron chi connectivity index (χ4n) is 1.56. The molecule has 0 saturated heterocycles. The van der Waals surface area contributed by atoms with Crippen molar-refractivity contribution >= 4 is 39.0 Å². The van der Waals surface area contributed by atoms with Gasteiger partial charge in [-0.05, 0) is 28.1 Å². The highest BCUT2D eigenvalue weighted by molar-refractivity contribution is 9.10. The summed E-state index contributed by atoms with van der Waals surface area (Å²) in [7, 11) is 3.73. The number of hydrogen-bond acceptors (Lipinski definition) is 3. The number of allylic oxidation sites excluding steroid dienone is 1. The second-order valence-corrected chi connectivity index (χ2v) is 4.98. The summed E-state index contributed by atoms with van der Waals surface area (Å²) in [5.41, 5.74) is 1.83. The molecule has 5 heteroatoms. The first kappa shape index (κ1) is 11.5. The molecule has 2 rings (SSSR count). The number of ketones is 1. The third-order valence-corrected chi connectivity index (χ3v) is 3.50. The van der Waals surface area contributed by atoms with Crippen LogP contribution in [0.3, 0.4) is 0 Å². The first-order chi connectivity index (χ1) is 7.50. The van der Waals surface area contributed by atoms with Crippen LogP contribution in [0.15, 0.2) is 28.5 Å². The van der Waals surface area contributed by atoms with E-state index < -0.39 is 0 Å². The number of carbonyl (C=O) groups excluding carboxylic acids is 1. The average molecular weight is 302 g/mol. The Morgan fingerprint density at radius 1 is 1.44 bits per heavy atom. The Bertz CT molecular complexity index is 497. The van der Waals surface area contributed by atoms with Crippen LogP contribution in [0.2, 0.25) is 5.02 Å². The lowest BCUT2D eigenvalue weighted by atomic mass is 10.1. The number of nitrogens with one attached hydrogen (secondary N) is 1. The molecular formula is C11H10BrClN2O. The Morgan fingerprint density at radius 2 is 2.12 bits per heavy atom. The molecule has 1 aliphatic heterocycles. The molecule has 0 radical (unpaired) electrons. The Balaban J connectivity index is 2.51. The van der Waals surface area contributed by atoms with Gasteiger partial charge in [0.2, 0.25) is 5.78 Å². The van der Waals surface area contributed by atoms with Crippen molar-refractivity contribution in [2.75, 3.05) is 19.4 Å². The average Bonchev–Trinajstić information content (AvgIpc) is 2.50. The van der Waals surface area contributed by atoms with Gasteiger partial charge in [-0.2, -0.15) is 0 Å². The summed E-state index contributed by atoms with van der Waals surface area (Å²) in [5, 5.41) is 3.50. The zero-order valence-corrected chi connectivity index (χ0v) is 11.2. The molecule has 0 spiro atoms. The predicted molar refractivity (Wildman–Crippen MR) is 68.9 cm³/mol. The summed E-state index contributed by atoms with van der Waals surface area (Å²) in [6.45, 7) is 0. The monoisotopic (exact) mass is 300 g/mol. The van der Waals surface area contributed by atoms with Gasteiger partial charge >= 0.3 is 0 Å². The molecule has 1 aromatic carbocycles. The zero-order chi connectivity index (χ0) is 11.9. The van der Waals surface area contributed by atoms with Crippen molar-refractivity contribution in [3.05, 3.63) is 39.1 Å². The first-order valence-corrected chi connectivity index (χ1v) is 5.86. The number of hydrogen-bond donors (Lipinski definition) is 1. The van der Waals surface area contributed by atoms with Gasteiger partial charge in [0.15, 0.2) is 0 Å². The van der Waals surface area contributed by atoms with Gasteiger partial charge in [-0.15, -0.1) is 0 Å². The number of benzene rings is 1. The topological polar surface area (TPSA) is 32.3 Å². The van der Waals surface area contributed by atoms with Crippen LogP contribution in [0.1, 0.15) is 10.4 Å². The van der Waals surface area contributed by atoms with Crippen LogP contribution in [0, 0.1) is 0 Å². The smallest absolute Gasteiger partial charge is 0.214 e. The summed E-state index contributed by atoms with van der Waals surface area (Å²) in [5.74, 6) is -0.0741. The minimum absolute atomic E-state index is 0.0741. The summed E-state index contributed by atoms with van der Waals surface area (Å²) in [4.78, 5) is 13.9. The fraction of sp³-hybridized carbons (Fsp3) is 0.182. The van der Waals surface area contributed by atoms with Gasteiger partial charge in [-0.25, -0.2) is 0 Å². The van der Waals surface area contributed by atoms with E-state index in [1.54, 1.807) is 6.20 Å². The Labute approximate surface area is 107 Å². The Kier molecular flexibility index (Phi) is 2.95. The number of Topliss-reactive ketones (excluding diaryl/α,β-unsaturated/α-hetero) is 1. The Morgan fingerprint density at radius 3 is 2.75 bits per heavy atom. The van der Waals surface area contributed by atoms with Crippen LogP contribution < -0.4 is 5.32 Å². The molecule has 0 aliphatic carbocycles. The van der Waals surface area contributed by atoms with E-state index in [1.807, 2.05) is 31.1 Å². The molecule has 1 N–H and O–H groups in total. The molecule has 84 valence electrons. The van der Waals surface area contributed by atoms with E-state index in [1.165, 1.54) is 0 Å². The molecule has 0 unspecified atom stereocenters. The van der Waals surface area contributed by atoms with Gasteiger partial charge in [0, 0.05) is 24.8 Å². The molecule has 0 bridgehead atoms. The summed E-state index contributed by atoms with van der Waals surface area (Å²) in [6, 6.07) is 3.65. The molecular weight excluding hydrogens is 291 g/mol. The number of fused-ring (bicyclic) bond motifs is 1. The van der Waals surface area contributed by atoms with Crippen LogP contribution in [-0.2, 0) is 0 Å². The summed E-state index contributed by atoms with van der Waals surface area (Å²) < 4.78 is 0.731. The van der Waals surface area contributed by atoms with Crippen LogP contribution in [0.5, 0.6) is 0 Å². The highest BCUT2D eigenvalue weighted by Gasteiger charge is 2.28. The van der Waals surface area contributed by atoms with Crippen molar-refractivity contribution in [1.82, 2.24) is 4.90 Å². The standard InChI is InChI=1S/C11H10BrClN2O/c1-15(2)5-8-11(16)9-7(14-8)4-3-6(12)10(9)13/h3-5,14H,1-2H3. The van der Waals surface area contributed by atoms with Crippen LogP contribution in [-0.4, -0.2) is 24.8 Å². The fourth-order valence-corrected chi connectivity index (χ4v) is 2.14. The predicted octanol–water partition coefficient (Wildman–Crippen LogP) is 3.11. The van der Waals surface area contributed by atoms with E-state index in [2.05, 4.69) is 21.2 Å². The summed E-state index contributed by atoms with van der Waals surface area (Å²) >= 11 is 9.39. The van der Waals surface area contributed by atoms with Crippen LogP contribution in [0.25, 0.3) is 0 Å². The quantitative estimate of drug-likeness (QED) is 0.809. The molecule has 0 saturated carbocycles. The third kappa shape index (κ3) is 1.83. The third-order valence-electron chi connectivity index (χ3n) is 2.22. The van der Waals surface area contributed by atoms with E-state index in [4.69, 9.17) is 11.6 Å². The second-order valence-electron chi connectivity index (χ2n) is 3.74. The molecule has 0 amide bonds. The van der Waals surface area contributed by atoms with Crippen LogP contribution >= 0.6 is 27.5 Å². The van der Waals surface area contributed by atoms with Gasteiger partial charge in [0.1, 0.15) is 5.70 Å². The highest BCUT2D eigenvalue weighted by atomic mass is 79.9. The van der Waals surface area contributed by atoms with Crippen molar-refractivity contribution in [1.29, 1.82) is 0 Å². The molecule has 1 aliphatic rings. The van der Waals surface area contributed by atoms with Crippen molar-refractivity contribution in [2.45, 2.75) is 0 Å². The van der Waals surface area contributed by atoms with E-state index in [0.29, 0.717) is 16.3 Å². The molecule has 0 atom stereocenters. The van der Waals surface area contributed by atoms with Crippen LogP contribution in [0.4, 0.5) is 5.69 Å². The minimum Gasteiger partial charge on any atom is -0.382 e. The molecule has 1 heterocycles. The van der Waals surface area contributed by atoms with E-state index in [9.17, 15) is 4.79 Å². The molecule has 0 aromatic heterocycles. The van der Waals surface area contributed by atoms with Gasteiger partial charge in [-0.3, -0.25) is 4.79 Å². The van der Waals surface area contributed by atoms with Gasteiger partial charge in [0.25, 0.3) is 0 Å². The Hall–Kier alpha value is -1.00. The van der Waals surface area contributed by atoms with Gasteiger partial charge in [0.05, 0.1) is 16.3 Å². The maximum absolute atomic E-state index is 12.0. The normalized spacial score (nSPS) is 16.2. The largest absolute Gasteiger partial charge is 0.382 e. The number of halogens is 2. The van der Waals surface area contributed by atoms with Crippen molar-refractivity contribution in [2.24, 2.45) is 0 Å². The maximum atomic E-state index is 12.0. The first-order valence-electron chi connectivity index (χ1n) is 4.68. The maximum Gasteiger partial charge on any atom is 0.214 e. The van der Waals surface area contributed by atoms with E-state index >= 15 is 0 Å². The lowest BCUT2D eigenvalue weighted by molar-refractivity contribution is 0.104. The zero-order valence-electron chi connectivity index (χ0n) is 8.84. The van der Waals surface area contributed by atoms with Gasteiger partial charge < -0.3 is 10.2 Å². The van der Waals surface area contributed by atoms with Crippen molar-refractivity contribution < 1.29 is 4.79 Å². The van der Waals surface area contributed by atoms with Gasteiger partial charge in [-0.1, -0.05) is 11.6 Å². The van der Waals surface area contributed by atoms with Crippen molar-refractivity contribution in [3.8, 4) is 0 Å². The lowest BCUT2D eigenvalue weighted by Gasteiger charge is -2.06. The minimum atomic E-state index is -0.0741. The number of rotatable bonds is 1. The highest BCUT2D eigenvalue weighted by Crippen LogP contribution is 2.37. The molecule has 0 fully saturated rings. The number of carbonyl (C=O) groups is 1. The molecule has 16 heavy (non-hydrogen) atoms. The summed E-state index contributed by atoms with van der Waals surface area (Å²) in [6.07, 6.45) is 1.74. The number of nitrogens with zero attached hydrogens (tertiary/aromatic N) is 1. The second kappa shape index (κ2) is 4.11. The van der Waals surface area contributed by atoms with E-state index in [-0.39, 0.29) is 5.78 Å². The number of anilines is 1. The van der Waals surface area contributed by atoms with E-state index in [0.717, 1.165) is 10.2 Å². The lowest BCUT2D eigenvalue weighted by Crippen LogP contribution is -2.09. The molecule has 3 nitrogen and oxygen atoms in total. The SMILES string of the molecule is CN(C)C=C1Nc2ccc(Br)c(Cl)c2C1=O. The molecule has 1 aromatic rings.